The lowest BCUT2D eigenvalue weighted by Gasteiger charge is -2.36. The Kier molecular flexibility index (Phi) is 5.16. The maximum absolute atomic E-state index is 12.3. The molecule has 0 unspecified atom stereocenters. The van der Waals surface area contributed by atoms with E-state index >= 15 is 0 Å². The van der Waals surface area contributed by atoms with Gasteiger partial charge in [-0.05, 0) is 63.3 Å². The van der Waals surface area contributed by atoms with E-state index in [1.165, 1.54) is 12.8 Å². The third kappa shape index (κ3) is 3.95. The first-order valence-electron chi connectivity index (χ1n) is 8.51. The summed E-state index contributed by atoms with van der Waals surface area (Å²) in [6.07, 6.45) is 2.35. The van der Waals surface area contributed by atoms with Crippen LogP contribution in [0.15, 0.2) is 54.6 Å². The van der Waals surface area contributed by atoms with Gasteiger partial charge in [0.05, 0.1) is 0 Å². The molecule has 0 saturated carbocycles. The van der Waals surface area contributed by atoms with Crippen molar-refractivity contribution in [3.63, 3.8) is 0 Å². The number of benzene rings is 2. The Balaban J connectivity index is 1.68. The van der Waals surface area contributed by atoms with E-state index in [2.05, 4.69) is 41.3 Å². The first-order chi connectivity index (χ1) is 11.6. The smallest absolute Gasteiger partial charge is 0.255 e. The standard InChI is InChI=1S/C20H25N3O/c1-22-13-11-18(12-14-22)23(2)19-10-6-9-17(15-19)21-20(24)16-7-4-3-5-8-16/h3-10,15,18H,11-14H2,1-2H3,(H,21,24). The van der Waals surface area contributed by atoms with Crippen LogP contribution in [-0.2, 0) is 0 Å². The normalized spacial score (nSPS) is 15.9. The van der Waals surface area contributed by atoms with Crippen molar-refractivity contribution in [3.8, 4) is 0 Å². The number of anilines is 2. The molecule has 0 radical (unpaired) electrons. The van der Waals surface area contributed by atoms with Crippen molar-refractivity contribution in [2.24, 2.45) is 0 Å². The molecule has 1 fully saturated rings. The van der Waals surface area contributed by atoms with Crippen molar-refractivity contribution in [1.29, 1.82) is 0 Å². The molecule has 126 valence electrons. The fourth-order valence-corrected chi connectivity index (χ4v) is 3.19. The molecule has 0 aromatic heterocycles. The molecular formula is C20H25N3O. The average Bonchev–Trinajstić information content (AvgIpc) is 2.63. The minimum Gasteiger partial charge on any atom is -0.371 e. The van der Waals surface area contributed by atoms with Crippen LogP contribution in [-0.4, -0.2) is 44.0 Å². The molecular weight excluding hydrogens is 298 g/mol. The third-order valence-electron chi connectivity index (χ3n) is 4.78. The lowest BCUT2D eigenvalue weighted by molar-refractivity contribution is 0.102. The van der Waals surface area contributed by atoms with E-state index in [1.54, 1.807) is 0 Å². The summed E-state index contributed by atoms with van der Waals surface area (Å²) < 4.78 is 0. The highest BCUT2D eigenvalue weighted by Gasteiger charge is 2.21. The Hall–Kier alpha value is -2.33. The quantitative estimate of drug-likeness (QED) is 0.936. The summed E-state index contributed by atoms with van der Waals surface area (Å²) in [7, 11) is 4.32. The van der Waals surface area contributed by atoms with Gasteiger partial charge in [0, 0.05) is 30.0 Å². The second-order valence-electron chi connectivity index (χ2n) is 6.52. The molecule has 3 rings (SSSR count). The Labute approximate surface area is 144 Å². The molecule has 1 heterocycles. The van der Waals surface area contributed by atoms with Gasteiger partial charge in [-0.15, -0.1) is 0 Å². The van der Waals surface area contributed by atoms with Crippen LogP contribution in [0.25, 0.3) is 0 Å². The Morgan fingerprint density at radius 2 is 1.79 bits per heavy atom. The van der Waals surface area contributed by atoms with Crippen molar-refractivity contribution in [3.05, 3.63) is 60.2 Å². The fourth-order valence-electron chi connectivity index (χ4n) is 3.19. The van der Waals surface area contributed by atoms with E-state index in [1.807, 2.05) is 42.5 Å². The first-order valence-corrected chi connectivity index (χ1v) is 8.51. The maximum Gasteiger partial charge on any atom is 0.255 e. The SMILES string of the molecule is CN1CCC(N(C)c2cccc(NC(=O)c3ccccc3)c2)CC1. The minimum atomic E-state index is -0.0744. The third-order valence-corrected chi connectivity index (χ3v) is 4.78. The Bertz CT molecular complexity index is 678. The summed E-state index contributed by atoms with van der Waals surface area (Å²) in [5.41, 5.74) is 2.66. The van der Waals surface area contributed by atoms with Gasteiger partial charge in [0.15, 0.2) is 0 Å². The zero-order valence-electron chi connectivity index (χ0n) is 14.4. The van der Waals surface area contributed by atoms with Crippen LogP contribution in [0.4, 0.5) is 11.4 Å². The number of carbonyl (C=O) groups excluding carboxylic acids is 1. The van der Waals surface area contributed by atoms with Gasteiger partial charge in [0.25, 0.3) is 5.91 Å². The molecule has 1 amide bonds. The number of hydrogen-bond donors (Lipinski definition) is 1. The highest BCUT2D eigenvalue weighted by Crippen LogP contribution is 2.24. The Morgan fingerprint density at radius 3 is 2.50 bits per heavy atom. The lowest BCUT2D eigenvalue weighted by atomic mass is 10.0. The Morgan fingerprint density at radius 1 is 1.08 bits per heavy atom. The minimum absolute atomic E-state index is 0.0744. The van der Waals surface area contributed by atoms with Crippen molar-refractivity contribution in [2.45, 2.75) is 18.9 Å². The van der Waals surface area contributed by atoms with Gasteiger partial charge < -0.3 is 15.1 Å². The van der Waals surface area contributed by atoms with Crippen LogP contribution in [0.1, 0.15) is 23.2 Å². The van der Waals surface area contributed by atoms with E-state index in [-0.39, 0.29) is 5.91 Å². The zero-order valence-corrected chi connectivity index (χ0v) is 14.4. The summed E-state index contributed by atoms with van der Waals surface area (Å²) in [4.78, 5) is 17.0. The van der Waals surface area contributed by atoms with E-state index in [0.717, 1.165) is 24.5 Å². The van der Waals surface area contributed by atoms with Crippen LogP contribution in [0.2, 0.25) is 0 Å². The second-order valence-corrected chi connectivity index (χ2v) is 6.52. The molecule has 24 heavy (non-hydrogen) atoms. The summed E-state index contributed by atoms with van der Waals surface area (Å²) in [6.45, 7) is 2.28. The number of amides is 1. The summed E-state index contributed by atoms with van der Waals surface area (Å²) in [5.74, 6) is -0.0744. The van der Waals surface area contributed by atoms with Gasteiger partial charge in [-0.3, -0.25) is 4.79 Å². The number of nitrogens with one attached hydrogen (secondary N) is 1. The number of nitrogens with zero attached hydrogens (tertiary/aromatic N) is 2. The fraction of sp³-hybridized carbons (Fsp3) is 0.350. The lowest BCUT2D eigenvalue weighted by Crippen LogP contribution is -2.42. The molecule has 2 aromatic carbocycles. The number of likely N-dealkylation sites (tertiary alicyclic amines) is 1. The molecule has 0 atom stereocenters. The average molecular weight is 323 g/mol. The van der Waals surface area contributed by atoms with Crippen LogP contribution in [0, 0.1) is 0 Å². The highest BCUT2D eigenvalue weighted by atomic mass is 16.1. The summed E-state index contributed by atoms with van der Waals surface area (Å²) in [5, 5.41) is 2.99. The monoisotopic (exact) mass is 323 g/mol. The van der Waals surface area contributed by atoms with Gasteiger partial charge >= 0.3 is 0 Å². The van der Waals surface area contributed by atoms with Crippen LogP contribution >= 0.6 is 0 Å². The molecule has 1 aliphatic rings. The topological polar surface area (TPSA) is 35.6 Å². The molecule has 4 nitrogen and oxygen atoms in total. The van der Waals surface area contributed by atoms with Crippen molar-refractivity contribution < 1.29 is 4.79 Å². The van der Waals surface area contributed by atoms with E-state index in [0.29, 0.717) is 11.6 Å². The molecule has 1 aliphatic heterocycles. The molecule has 2 aromatic rings. The van der Waals surface area contributed by atoms with Crippen molar-refractivity contribution in [2.75, 3.05) is 37.4 Å². The largest absolute Gasteiger partial charge is 0.371 e. The van der Waals surface area contributed by atoms with E-state index in [4.69, 9.17) is 0 Å². The number of rotatable bonds is 4. The van der Waals surface area contributed by atoms with Gasteiger partial charge in [-0.25, -0.2) is 0 Å². The molecule has 0 bridgehead atoms. The van der Waals surface area contributed by atoms with E-state index < -0.39 is 0 Å². The van der Waals surface area contributed by atoms with Gasteiger partial charge in [0.2, 0.25) is 0 Å². The van der Waals surface area contributed by atoms with Gasteiger partial charge in [0.1, 0.15) is 0 Å². The van der Waals surface area contributed by atoms with Gasteiger partial charge in [-0.1, -0.05) is 24.3 Å². The summed E-state index contributed by atoms with van der Waals surface area (Å²) in [6, 6.07) is 18.0. The molecule has 4 heteroatoms. The van der Waals surface area contributed by atoms with E-state index in [9.17, 15) is 4.79 Å². The van der Waals surface area contributed by atoms with Crippen LogP contribution in [0.3, 0.4) is 0 Å². The second kappa shape index (κ2) is 7.49. The number of piperidine rings is 1. The first kappa shape index (κ1) is 16.5. The molecule has 1 N–H and O–H groups in total. The molecule has 0 spiro atoms. The van der Waals surface area contributed by atoms with Crippen LogP contribution in [0.5, 0.6) is 0 Å². The molecule has 0 aliphatic carbocycles. The number of carbonyl (C=O) groups is 1. The number of hydrogen-bond acceptors (Lipinski definition) is 3. The predicted octanol–water partition coefficient (Wildman–Crippen LogP) is 3.47. The maximum atomic E-state index is 12.3. The summed E-state index contributed by atoms with van der Waals surface area (Å²) >= 11 is 0. The van der Waals surface area contributed by atoms with Gasteiger partial charge in [-0.2, -0.15) is 0 Å². The predicted molar refractivity (Wildman–Crippen MR) is 99.8 cm³/mol. The highest BCUT2D eigenvalue weighted by molar-refractivity contribution is 6.04. The van der Waals surface area contributed by atoms with Crippen molar-refractivity contribution >= 4 is 17.3 Å². The van der Waals surface area contributed by atoms with Crippen LogP contribution < -0.4 is 10.2 Å². The van der Waals surface area contributed by atoms with Crippen molar-refractivity contribution in [1.82, 2.24) is 4.90 Å². The zero-order chi connectivity index (χ0) is 16.9. The molecule has 1 saturated heterocycles.